The smallest absolute Gasteiger partial charge is 0.314 e. The highest BCUT2D eigenvalue weighted by atomic mass is 79.9. The van der Waals surface area contributed by atoms with Crippen molar-refractivity contribution in [2.24, 2.45) is 0 Å². The van der Waals surface area contributed by atoms with E-state index in [0.717, 1.165) is 0 Å². The van der Waals surface area contributed by atoms with E-state index in [-0.39, 0.29) is 4.47 Å². The maximum absolute atomic E-state index is 13.5. The zero-order chi connectivity index (χ0) is 11.9. The van der Waals surface area contributed by atoms with E-state index in [1.807, 2.05) is 0 Å². The molecule has 1 aromatic carbocycles. The van der Waals surface area contributed by atoms with Gasteiger partial charge in [0.1, 0.15) is 11.6 Å². The maximum Gasteiger partial charge on any atom is 0.314 e. The summed E-state index contributed by atoms with van der Waals surface area (Å²) in [7, 11) is 1.42. The minimum Gasteiger partial charge on any atom is -0.495 e. The normalized spacial score (nSPS) is 16.9. The standard InChI is InChI=1S/C11H10BrFO3/c1-16-8-5-6(4-7(13)9(8)12)11(2-3-11)10(14)15/h4-5H,2-3H2,1H3,(H,14,15). The summed E-state index contributed by atoms with van der Waals surface area (Å²) in [5, 5.41) is 9.11. The maximum atomic E-state index is 13.5. The second-order valence-electron chi connectivity index (χ2n) is 3.86. The molecule has 0 amide bonds. The first-order chi connectivity index (χ1) is 7.51. The first-order valence-corrected chi connectivity index (χ1v) is 5.57. The first kappa shape index (κ1) is 11.4. The van der Waals surface area contributed by atoms with E-state index in [0.29, 0.717) is 24.2 Å². The molecule has 1 aliphatic carbocycles. The number of methoxy groups -OCH3 is 1. The summed E-state index contributed by atoms with van der Waals surface area (Å²) in [5.74, 6) is -1.08. The highest BCUT2D eigenvalue weighted by Gasteiger charge is 2.52. The van der Waals surface area contributed by atoms with Crippen molar-refractivity contribution in [3.63, 3.8) is 0 Å². The van der Waals surface area contributed by atoms with Crippen molar-refractivity contribution in [2.75, 3.05) is 7.11 Å². The molecule has 0 radical (unpaired) electrons. The lowest BCUT2D eigenvalue weighted by molar-refractivity contribution is -0.140. The molecular formula is C11H10BrFO3. The molecule has 1 aliphatic rings. The van der Waals surface area contributed by atoms with Gasteiger partial charge in [-0.3, -0.25) is 4.79 Å². The summed E-state index contributed by atoms with van der Waals surface area (Å²) in [4.78, 5) is 11.1. The van der Waals surface area contributed by atoms with Crippen molar-refractivity contribution in [2.45, 2.75) is 18.3 Å². The van der Waals surface area contributed by atoms with Crippen molar-refractivity contribution in [3.05, 3.63) is 28.0 Å². The number of hydrogen-bond acceptors (Lipinski definition) is 2. The van der Waals surface area contributed by atoms with E-state index in [4.69, 9.17) is 9.84 Å². The Balaban J connectivity index is 2.51. The summed E-state index contributed by atoms with van der Waals surface area (Å²) >= 11 is 3.05. The van der Waals surface area contributed by atoms with Gasteiger partial charge in [-0.2, -0.15) is 0 Å². The van der Waals surface area contributed by atoms with Gasteiger partial charge in [0.05, 0.1) is 17.0 Å². The molecule has 3 nitrogen and oxygen atoms in total. The number of carboxylic acids is 1. The molecule has 0 unspecified atom stereocenters. The van der Waals surface area contributed by atoms with Gasteiger partial charge in [-0.05, 0) is 46.5 Å². The lowest BCUT2D eigenvalue weighted by Gasteiger charge is -2.13. The predicted octanol–water partition coefficient (Wildman–Crippen LogP) is 2.71. The minimum atomic E-state index is -0.908. The van der Waals surface area contributed by atoms with Gasteiger partial charge in [-0.15, -0.1) is 0 Å². The van der Waals surface area contributed by atoms with Gasteiger partial charge < -0.3 is 9.84 Å². The van der Waals surface area contributed by atoms with Gasteiger partial charge in [0, 0.05) is 0 Å². The molecule has 1 aromatic rings. The fourth-order valence-electron chi connectivity index (χ4n) is 1.74. The lowest BCUT2D eigenvalue weighted by atomic mass is 9.96. The number of carboxylic acid groups (broad SMARTS) is 1. The number of ether oxygens (including phenoxy) is 1. The topological polar surface area (TPSA) is 46.5 Å². The monoisotopic (exact) mass is 288 g/mol. The van der Waals surface area contributed by atoms with Crippen LogP contribution in [-0.4, -0.2) is 18.2 Å². The van der Waals surface area contributed by atoms with E-state index in [2.05, 4.69) is 15.9 Å². The van der Waals surface area contributed by atoms with Crippen molar-refractivity contribution in [1.29, 1.82) is 0 Å². The SMILES string of the molecule is COc1cc(C2(C(=O)O)CC2)cc(F)c1Br. The highest BCUT2D eigenvalue weighted by molar-refractivity contribution is 9.10. The molecule has 0 atom stereocenters. The van der Waals surface area contributed by atoms with Gasteiger partial charge in [0.2, 0.25) is 0 Å². The predicted molar refractivity (Wildman–Crippen MR) is 59.2 cm³/mol. The third-order valence-electron chi connectivity index (χ3n) is 2.93. The average molecular weight is 289 g/mol. The van der Waals surface area contributed by atoms with Crippen molar-refractivity contribution >= 4 is 21.9 Å². The molecule has 86 valence electrons. The van der Waals surface area contributed by atoms with Crippen LogP contribution in [0.5, 0.6) is 5.75 Å². The molecule has 0 saturated heterocycles. The van der Waals surface area contributed by atoms with Gasteiger partial charge in [-0.25, -0.2) is 4.39 Å². The largest absolute Gasteiger partial charge is 0.495 e. The highest BCUT2D eigenvalue weighted by Crippen LogP contribution is 2.50. The van der Waals surface area contributed by atoms with Crippen molar-refractivity contribution in [3.8, 4) is 5.75 Å². The van der Waals surface area contributed by atoms with Crippen molar-refractivity contribution < 1.29 is 19.0 Å². The van der Waals surface area contributed by atoms with Crippen molar-refractivity contribution in [1.82, 2.24) is 0 Å². The summed E-state index contributed by atoms with van der Waals surface area (Å²) in [5.41, 5.74) is -0.438. The van der Waals surface area contributed by atoms with Crippen LogP contribution in [-0.2, 0) is 10.2 Å². The molecule has 0 aliphatic heterocycles. The molecule has 1 saturated carbocycles. The Labute approximate surface area is 100 Å². The second kappa shape index (κ2) is 3.73. The molecule has 5 heteroatoms. The summed E-state index contributed by atoms with van der Waals surface area (Å²) in [6.45, 7) is 0. The number of halogens is 2. The third kappa shape index (κ3) is 1.59. The molecule has 1 fully saturated rings. The van der Waals surface area contributed by atoms with Crippen LogP contribution in [0.2, 0.25) is 0 Å². The lowest BCUT2D eigenvalue weighted by Crippen LogP contribution is -2.19. The van der Waals surface area contributed by atoms with Crippen LogP contribution in [0.3, 0.4) is 0 Å². The quantitative estimate of drug-likeness (QED) is 0.930. The van der Waals surface area contributed by atoms with E-state index in [1.165, 1.54) is 13.2 Å². The Bertz CT molecular complexity index is 455. The molecule has 1 N–H and O–H groups in total. The Kier molecular flexibility index (Phi) is 2.66. The van der Waals surface area contributed by atoms with Crippen LogP contribution >= 0.6 is 15.9 Å². The third-order valence-corrected chi connectivity index (χ3v) is 3.70. The molecule has 2 rings (SSSR count). The summed E-state index contributed by atoms with van der Waals surface area (Å²) in [6, 6.07) is 2.84. The van der Waals surface area contributed by atoms with E-state index in [1.54, 1.807) is 6.07 Å². The first-order valence-electron chi connectivity index (χ1n) is 4.78. The van der Waals surface area contributed by atoms with Crippen LogP contribution < -0.4 is 4.74 Å². The van der Waals surface area contributed by atoms with Crippen LogP contribution in [0.25, 0.3) is 0 Å². The Morgan fingerprint density at radius 2 is 2.19 bits per heavy atom. The number of rotatable bonds is 3. The van der Waals surface area contributed by atoms with Gasteiger partial charge in [-0.1, -0.05) is 0 Å². The van der Waals surface area contributed by atoms with Crippen LogP contribution in [0.15, 0.2) is 16.6 Å². The number of hydrogen-bond donors (Lipinski definition) is 1. The molecule has 0 heterocycles. The number of carbonyl (C=O) groups is 1. The van der Waals surface area contributed by atoms with E-state index in [9.17, 15) is 9.18 Å². The molecule has 0 aromatic heterocycles. The van der Waals surface area contributed by atoms with Gasteiger partial charge in [0.15, 0.2) is 0 Å². The summed E-state index contributed by atoms with van der Waals surface area (Å²) < 4.78 is 18.7. The fraction of sp³-hybridized carbons (Fsp3) is 0.364. The molecule has 16 heavy (non-hydrogen) atoms. The van der Waals surface area contributed by atoms with Gasteiger partial charge >= 0.3 is 5.97 Å². The van der Waals surface area contributed by atoms with Crippen LogP contribution in [0, 0.1) is 5.82 Å². The van der Waals surface area contributed by atoms with Crippen LogP contribution in [0.4, 0.5) is 4.39 Å². The summed E-state index contributed by atoms with van der Waals surface area (Å²) in [6.07, 6.45) is 1.10. The second-order valence-corrected chi connectivity index (χ2v) is 4.65. The Morgan fingerprint density at radius 3 is 2.62 bits per heavy atom. The Morgan fingerprint density at radius 1 is 1.56 bits per heavy atom. The van der Waals surface area contributed by atoms with E-state index < -0.39 is 17.2 Å². The Hall–Kier alpha value is -1.10. The zero-order valence-electron chi connectivity index (χ0n) is 8.59. The number of benzene rings is 1. The molecule has 0 bridgehead atoms. The average Bonchev–Trinajstić information content (AvgIpc) is 3.02. The van der Waals surface area contributed by atoms with E-state index >= 15 is 0 Å². The zero-order valence-corrected chi connectivity index (χ0v) is 10.2. The number of aliphatic carboxylic acids is 1. The van der Waals surface area contributed by atoms with Crippen LogP contribution in [0.1, 0.15) is 18.4 Å². The van der Waals surface area contributed by atoms with Gasteiger partial charge in [0.25, 0.3) is 0 Å². The molecule has 0 spiro atoms. The molecular weight excluding hydrogens is 279 g/mol. The minimum absolute atomic E-state index is 0.222. The fourth-order valence-corrected chi connectivity index (χ4v) is 2.13.